The molecule has 1 aliphatic rings. The number of anilines is 1. The molecule has 0 atom stereocenters. The number of fused-ring (bicyclic) bond motifs is 1. The van der Waals surface area contributed by atoms with Crippen molar-refractivity contribution in [2.45, 2.75) is 32.6 Å². The van der Waals surface area contributed by atoms with Crippen molar-refractivity contribution in [1.29, 1.82) is 0 Å². The first-order valence-electron chi connectivity index (χ1n) is 7.27. The molecule has 0 aromatic carbocycles. The zero-order chi connectivity index (χ0) is 15.7. The molecule has 114 valence electrons. The smallest absolute Gasteiger partial charge is 0.266 e. The van der Waals surface area contributed by atoms with Crippen LogP contribution in [0.2, 0.25) is 0 Å². The van der Waals surface area contributed by atoms with Gasteiger partial charge in [0, 0.05) is 17.5 Å². The molecule has 3 rings (SSSR count). The minimum absolute atomic E-state index is 0.205. The van der Waals surface area contributed by atoms with Crippen molar-refractivity contribution in [3.8, 4) is 5.75 Å². The third-order valence-corrected chi connectivity index (χ3v) is 3.87. The third kappa shape index (κ3) is 2.59. The van der Waals surface area contributed by atoms with Crippen LogP contribution in [0.1, 0.15) is 40.0 Å². The van der Waals surface area contributed by atoms with Gasteiger partial charge < -0.3 is 15.4 Å². The standard InChI is InChI=1S/C16H17N3O3/c1-9-6-7-17-12(8-9)19-16(22)13-14(20)10-4-2-3-5-11(10)18-15(13)21/h6-8H,2-5H2,1H3,(H,17,19,22)(H2,18,20,21). The van der Waals surface area contributed by atoms with Crippen molar-refractivity contribution in [3.63, 3.8) is 0 Å². The number of carbonyl (C=O) groups excluding carboxylic acids is 1. The van der Waals surface area contributed by atoms with E-state index in [2.05, 4.69) is 15.3 Å². The van der Waals surface area contributed by atoms with Gasteiger partial charge in [-0.15, -0.1) is 0 Å². The molecule has 0 fully saturated rings. The van der Waals surface area contributed by atoms with Crippen LogP contribution < -0.4 is 10.9 Å². The molecule has 2 aromatic rings. The molecule has 2 aromatic heterocycles. The third-order valence-electron chi connectivity index (χ3n) is 3.87. The van der Waals surface area contributed by atoms with Crippen LogP contribution in [0.25, 0.3) is 0 Å². The molecule has 0 bridgehead atoms. The van der Waals surface area contributed by atoms with E-state index in [-0.39, 0.29) is 11.3 Å². The Hall–Kier alpha value is -2.63. The number of pyridine rings is 2. The predicted molar refractivity (Wildman–Crippen MR) is 82.3 cm³/mol. The summed E-state index contributed by atoms with van der Waals surface area (Å²) in [5.74, 6) is -0.504. The van der Waals surface area contributed by atoms with Gasteiger partial charge in [-0.05, 0) is 50.3 Å². The Morgan fingerprint density at radius 1 is 1.36 bits per heavy atom. The average Bonchev–Trinajstić information content (AvgIpc) is 2.47. The molecule has 1 aliphatic carbocycles. The topological polar surface area (TPSA) is 95.1 Å². The van der Waals surface area contributed by atoms with E-state index in [1.807, 2.05) is 6.92 Å². The highest BCUT2D eigenvalue weighted by Crippen LogP contribution is 2.28. The summed E-state index contributed by atoms with van der Waals surface area (Å²) in [4.78, 5) is 31.2. The molecule has 0 saturated carbocycles. The van der Waals surface area contributed by atoms with Crippen LogP contribution in [0.5, 0.6) is 5.75 Å². The summed E-state index contributed by atoms with van der Waals surface area (Å²) in [6.07, 6.45) is 4.87. The van der Waals surface area contributed by atoms with E-state index in [4.69, 9.17) is 0 Å². The fraction of sp³-hybridized carbons (Fsp3) is 0.312. The highest BCUT2D eigenvalue weighted by molar-refractivity contribution is 6.05. The summed E-state index contributed by atoms with van der Waals surface area (Å²) in [6.45, 7) is 1.88. The molecular formula is C16H17N3O3. The summed E-state index contributed by atoms with van der Waals surface area (Å²) in [5.41, 5.74) is 1.54. The van der Waals surface area contributed by atoms with Crippen molar-refractivity contribution in [2.75, 3.05) is 5.32 Å². The van der Waals surface area contributed by atoms with Crippen LogP contribution in [0.3, 0.4) is 0 Å². The Morgan fingerprint density at radius 3 is 2.91 bits per heavy atom. The Balaban J connectivity index is 1.97. The number of aryl methyl sites for hydroxylation is 2. The maximum Gasteiger partial charge on any atom is 0.266 e. The van der Waals surface area contributed by atoms with Gasteiger partial charge in [0.05, 0.1) is 0 Å². The van der Waals surface area contributed by atoms with Crippen LogP contribution in [0.15, 0.2) is 23.1 Å². The minimum Gasteiger partial charge on any atom is -0.507 e. The van der Waals surface area contributed by atoms with E-state index in [0.29, 0.717) is 17.8 Å². The van der Waals surface area contributed by atoms with Gasteiger partial charge in [-0.3, -0.25) is 9.59 Å². The van der Waals surface area contributed by atoms with E-state index >= 15 is 0 Å². The summed E-state index contributed by atoms with van der Waals surface area (Å²) in [5, 5.41) is 12.9. The molecule has 2 heterocycles. The van der Waals surface area contributed by atoms with Crippen LogP contribution in [0, 0.1) is 6.92 Å². The van der Waals surface area contributed by atoms with Gasteiger partial charge in [0.2, 0.25) is 0 Å². The lowest BCUT2D eigenvalue weighted by molar-refractivity contribution is 0.102. The first kappa shape index (κ1) is 14.3. The van der Waals surface area contributed by atoms with Gasteiger partial charge in [-0.2, -0.15) is 0 Å². The number of aromatic hydroxyl groups is 1. The molecule has 0 unspecified atom stereocenters. The van der Waals surface area contributed by atoms with Crippen molar-refractivity contribution < 1.29 is 9.90 Å². The van der Waals surface area contributed by atoms with Crippen molar-refractivity contribution in [3.05, 3.63) is 51.1 Å². The van der Waals surface area contributed by atoms with Crippen LogP contribution in [0.4, 0.5) is 5.82 Å². The van der Waals surface area contributed by atoms with Gasteiger partial charge in [-0.25, -0.2) is 4.98 Å². The molecule has 22 heavy (non-hydrogen) atoms. The Morgan fingerprint density at radius 2 is 2.14 bits per heavy atom. The fourth-order valence-corrected chi connectivity index (χ4v) is 2.76. The van der Waals surface area contributed by atoms with E-state index in [1.54, 1.807) is 18.3 Å². The SMILES string of the molecule is Cc1ccnc(NC(=O)c2c(O)c3c([nH]c2=O)CCCC3)c1. The van der Waals surface area contributed by atoms with E-state index < -0.39 is 11.5 Å². The van der Waals surface area contributed by atoms with Gasteiger partial charge in [0.1, 0.15) is 17.1 Å². The summed E-state index contributed by atoms with van der Waals surface area (Å²) >= 11 is 0. The first-order valence-corrected chi connectivity index (χ1v) is 7.27. The summed E-state index contributed by atoms with van der Waals surface area (Å²) in [7, 11) is 0. The van der Waals surface area contributed by atoms with E-state index in [1.165, 1.54) is 0 Å². The zero-order valence-corrected chi connectivity index (χ0v) is 12.3. The van der Waals surface area contributed by atoms with Crippen LogP contribution in [-0.2, 0) is 12.8 Å². The van der Waals surface area contributed by atoms with Crippen LogP contribution in [-0.4, -0.2) is 21.0 Å². The number of rotatable bonds is 2. The Labute approximate surface area is 127 Å². The molecule has 0 saturated heterocycles. The molecular weight excluding hydrogens is 282 g/mol. The van der Waals surface area contributed by atoms with Gasteiger partial charge in [-0.1, -0.05) is 0 Å². The highest BCUT2D eigenvalue weighted by Gasteiger charge is 2.24. The first-order chi connectivity index (χ1) is 10.6. The average molecular weight is 299 g/mol. The summed E-state index contributed by atoms with van der Waals surface area (Å²) in [6, 6.07) is 3.50. The number of hydrogen-bond donors (Lipinski definition) is 3. The number of nitrogens with one attached hydrogen (secondary N) is 2. The molecule has 0 aliphatic heterocycles. The molecule has 0 radical (unpaired) electrons. The number of nitrogens with zero attached hydrogens (tertiary/aromatic N) is 1. The quantitative estimate of drug-likeness (QED) is 0.789. The van der Waals surface area contributed by atoms with E-state index in [9.17, 15) is 14.7 Å². The molecule has 6 nitrogen and oxygen atoms in total. The second kappa shape index (κ2) is 5.63. The molecule has 1 amide bonds. The number of carbonyl (C=O) groups is 1. The highest BCUT2D eigenvalue weighted by atomic mass is 16.3. The largest absolute Gasteiger partial charge is 0.507 e. The number of aromatic nitrogens is 2. The zero-order valence-electron chi connectivity index (χ0n) is 12.3. The second-order valence-electron chi connectivity index (χ2n) is 5.51. The maximum atomic E-state index is 12.3. The lowest BCUT2D eigenvalue weighted by atomic mass is 9.93. The molecule has 0 spiro atoms. The lowest BCUT2D eigenvalue weighted by Crippen LogP contribution is -2.26. The Kier molecular flexibility index (Phi) is 3.66. The summed E-state index contributed by atoms with van der Waals surface area (Å²) < 4.78 is 0. The monoisotopic (exact) mass is 299 g/mol. The number of amides is 1. The van der Waals surface area contributed by atoms with Crippen molar-refractivity contribution >= 4 is 11.7 Å². The van der Waals surface area contributed by atoms with Gasteiger partial charge in [0.15, 0.2) is 0 Å². The van der Waals surface area contributed by atoms with Crippen LogP contribution >= 0.6 is 0 Å². The Bertz CT molecular complexity index is 796. The van der Waals surface area contributed by atoms with Gasteiger partial charge in [0.25, 0.3) is 11.5 Å². The number of aromatic amines is 1. The normalized spacial score (nSPS) is 13.5. The predicted octanol–water partition coefficient (Wildman–Crippen LogP) is 1.92. The lowest BCUT2D eigenvalue weighted by Gasteiger charge is -2.18. The van der Waals surface area contributed by atoms with Crippen molar-refractivity contribution in [2.24, 2.45) is 0 Å². The fourth-order valence-electron chi connectivity index (χ4n) is 2.76. The second-order valence-corrected chi connectivity index (χ2v) is 5.51. The number of H-pyrrole nitrogens is 1. The minimum atomic E-state index is -0.648. The number of hydrogen-bond acceptors (Lipinski definition) is 4. The van der Waals surface area contributed by atoms with Crippen molar-refractivity contribution in [1.82, 2.24) is 9.97 Å². The molecule has 3 N–H and O–H groups in total. The molecule has 6 heteroatoms. The van der Waals surface area contributed by atoms with Gasteiger partial charge >= 0.3 is 0 Å². The maximum absolute atomic E-state index is 12.3. The van der Waals surface area contributed by atoms with E-state index in [0.717, 1.165) is 30.5 Å².